The van der Waals surface area contributed by atoms with Crippen LogP contribution < -0.4 is 5.73 Å². The highest BCUT2D eigenvalue weighted by Crippen LogP contribution is 2.36. The van der Waals surface area contributed by atoms with E-state index >= 15 is 0 Å². The van der Waals surface area contributed by atoms with E-state index in [2.05, 4.69) is 0 Å². The number of Topliss-reactive ketones (excluding diaryl/α,β-unsaturated/α-hetero) is 1. The minimum absolute atomic E-state index is 0.0289. The van der Waals surface area contributed by atoms with Gasteiger partial charge < -0.3 is 5.73 Å². The Kier molecular flexibility index (Phi) is 2.43. The topological polar surface area (TPSA) is 43.1 Å². The van der Waals surface area contributed by atoms with Crippen molar-refractivity contribution in [1.82, 2.24) is 0 Å². The van der Waals surface area contributed by atoms with Crippen LogP contribution in [-0.2, 0) is 6.42 Å². The first kappa shape index (κ1) is 10.4. The fraction of sp³-hybridized carbons (Fsp3) is 0.364. The quantitative estimate of drug-likeness (QED) is 0.693. The summed E-state index contributed by atoms with van der Waals surface area (Å²) in [5.74, 6) is -0.527. The van der Waals surface area contributed by atoms with Gasteiger partial charge in [0, 0.05) is 12.0 Å². The van der Waals surface area contributed by atoms with E-state index in [1.807, 2.05) is 0 Å². The molecular weight excluding hydrogens is 217 g/mol. The second-order valence-corrected chi connectivity index (χ2v) is 4.17. The van der Waals surface area contributed by atoms with Crippen molar-refractivity contribution < 1.29 is 9.18 Å². The van der Waals surface area contributed by atoms with Gasteiger partial charge in [-0.15, -0.1) is 0 Å². The number of rotatable bonds is 0. The molecule has 4 heteroatoms. The Balaban J connectivity index is 2.80. The summed E-state index contributed by atoms with van der Waals surface area (Å²) in [6.07, 6.45) is 1.93. The van der Waals surface area contributed by atoms with Crippen LogP contribution >= 0.6 is 11.6 Å². The molecule has 1 aliphatic carbocycles. The number of ketones is 1. The van der Waals surface area contributed by atoms with Crippen LogP contribution in [0.2, 0.25) is 5.02 Å². The predicted octanol–water partition coefficient (Wildman–Crippen LogP) is 2.89. The van der Waals surface area contributed by atoms with Crippen LogP contribution in [0.3, 0.4) is 0 Å². The van der Waals surface area contributed by atoms with E-state index in [9.17, 15) is 9.18 Å². The molecule has 1 aromatic carbocycles. The SMILES string of the molecule is Cc1c(F)c(Cl)c(N)c2c1CCCC2=O. The molecule has 0 unspecified atom stereocenters. The van der Waals surface area contributed by atoms with Gasteiger partial charge in [-0.1, -0.05) is 11.6 Å². The zero-order valence-electron chi connectivity index (χ0n) is 8.36. The summed E-state index contributed by atoms with van der Waals surface area (Å²) < 4.78 is 13.6. The Labute approximate surface area is 92.2 Å². The molecule has 1 aliphatic rings. The summed E-state index contributed by atoms with van der Waals surface area (Å²) in [7, 11) is 0. The van der Waals surface area contributed by atoms with Crippen molar-refractivity contribution >= 4 is 23.1 Å². The van der Waals surface area contributed by atoms with Gasteiger partial charge in [-0.05, 0) is 30.9 Å². The van der Waals surface area contributed by atoms with Crippen molar-refractivity contribution in [1.29, 1.82) is 0 Å². The van der Waals surface area contributed by atoms with Crippen LogP contribution in [0.1, 0.15) is 34.3 Å². The zero-order valence-corrected chi connectivity index (χ0v) is 9.12. The average Bonchev–Trinajstić information content (AvgIpc) is 2.23. The second-order valence-electron chi connectivity index (χ2n) is 3.80. The zero-order chi connectivity index (χ0) is 11.2. The summed E-state index contributed by atoms with van der Waals surface area (Å²) in [6, 6.07) is 0. The van der Waals surface area contributed by atoms with E-state index in [1.165, 1.54) is 0 Å². The number of hydrogen-bond donors (Lipinski definition) is 1. The van der Waals surface area contributed by atoms with Gasteiger partial charge in [0.15, 0.2) is 5.78 Å². The maximum atomic E-state index is 13.6. The van der Waals surface area contributed by atoms with Gasteiger partial charge >= 0.3 is 0 Å². The van der Waals surface area contributed by atoms with Crippen LogP contribution in [-0.4, -0.2) is 5.78 Å². The molecular formula is C11H11ClFNO. The fourth-order valence-corrected chi connectivity index (χ4v) is 2.29. The summed E-state index contributed by atoms with van der Waals surface area (Å²) >= 11 is 5.73. The van der Waals surface area contributed by atoms with Gasteiger partial charge in [0.2, 0.25) is 0 Å². The lowest BCUT2D eigenvalue weighted by atomic mass is 9.86. The normalized spacial score (nSPS) is 15.3. The highest BCUT2D eigenvalue weighted by molar-refractivity contribution is 6.34. The molecule has 0 fully saturated rings. The third kappa shape index (κ3) is 1.42. The van der Waals surface area contributed by atoms with Crippen LogP contribution in [0.15, 0.2) is 0 Å². The Hall–Kier alpha value is -1.09. The van der Waals surface area contributed by atoms with E-state index < -0.39 is 5.82 Å². The van der Waals surface area contributed by atoms with Crippen LogP contribution in [0.4, 0.5) is 10.1 Å². The number of fused-ring (bicyclic) bond motifs is 1. The molecule has 2 nitrogen and oxygen atoms in total. The molecule has 2 N–H and O–H groups in total. The molecule has 0 spiro atoms. The highest BCUT2D eigenvalue weighted by atomic mass is 35.5. The second kappa shape index (κ2) is 3.49. The third-order valence-electron chi connectivity index (χ3n) is 2.89. The largest absolute Gasteiger partial charge is 0.397 e. The van der Waals surface area contributed by atoms with E-state index in [0.29, 0.717) is 24.0 Å². The maximum absolute atomic E-state index is 13.6. The highest BCUT2D eigenvalue weighted by Gasteiger charge is 2.26. The van der Waals surface area contributed by atoms with Gasteiger partial charge in [-0.25, -0.2) is 4.39 Å². The van der Waals surface area contributed by atoms with Gasteiger partial charge in [-0.2, -0.15) is 0 Å². The van der Waals surface area contributed by atoms with Crippen molar-refractivity contribution in [3.63, 3.8) is 0 Å². The molecule has 1 aromatic rings. The number of nitrogens with two attached hydrogens (primary N) is 1. The smallest absolute Gasteiger partial charge is 0.165 e. The number of benzene rings is 1. The molecule has 80 valence electrons. The lowest BCUT2D eigenvalue weighted by Gasteiger charge is -2.20. The molecule has 0 bridgehead atoms. The minimum Gasteiger partial charge on any atom is -0.397 e. The van der Waals surface area contributed by atoms with Crippen LogP contribution in [0.25, 0.3) is 0 Å². The molecule has 0 saturated carbocycles. The third-order valence-corrected chi connectivity index (χ3v) is 3.26. The molecule has 0 aliphatic heterocycles. The first-order valence-electron chi connectivity index (χ1n) is 4.83. The number of halogens is 2. The fourth-order valence-electron chi connectivity index (χ4n) is 2.06. The van der Waals surface area contributed by atoms with Crippen LogP contribution in [0, 0.1) is 12.7 Å². The lowest BCUT2D eigenvalue weighted by molar-refractivity contribution is 0.0973. The van der Waals surface area contributed by atoms with Crippen LogP contribution in [0.5, 0.6) is 0 Å². The van der Waals surface area contributed by atoms with E-state index in [1.54, 1.807) is 6.92 Å². The first-order chi connectivity index (χ1) is 7.04. The molecule has 0 heterocycles. The van der Waals surface area contributed by atoms with Gasteiger partial charge in [0.1, 0.15) is 10.8 Å². The van der Waals surface area contributed by atoms with Gasteiger partial charge in [-0.3, -0.25) is 4.79 Å². The lowest BCUT2D eigenvalue weighted by Crippen LogP contribution is -2.16. The van der Waals surface area contributed by atoms with Crippen molar-refractivity contribution in [2.24, 2.45) is 0 Å². The summed E-state index contributed by atoms with van der Waals surface area (Å²) in [4.78, 5) is 11.7. The van der Waals surface area contributed by atoms with E-state index in [-0.39, 0.29) is 16.5 Å². The van der Waals surface area contributed by atoms with Gasteiger partial charge in [0.25, 0.3) is 0 Å². The maximum Gasteiger partial charge on any atom is 0.165 e. The van der Waals surface area contributed by atoms with Crippen molar-refractivity contribution in [2.45, 2.75) is 26.2 Å². The summed E-state index contributed by atoms with van der Waals surface area (Å²) in [6.45, 7) is 1.64. The summed E-state index contributed by atoms with van der Waals surface area (Å²) in [5.41, 5.74) is 7.39. The molecule has 15 heavy (non-hydrogen) atoms. The molecule has 0 atom stereocenters. The Morgan fingerprint density at radius 2 is 2.07 bits per heavy atom. The molecule has 2 rings (SSSR count). The van der Waals surface area contributed by atoms with Crippen molar-refractivity contribution in [2.75, 3.05) is 5.73 Å². The van der Waals surface area contributed by atoms with E-state index in [4.69, 9.17) is 17.3 Å². The Morgan fingerprint density at radius 3 is 2.73 bits per heavy atom. The molecule has 0 amide bonds. The molecule has 0 radical (unpaired) electrons. The van der Waals surface area contributed by atoms with Gasteiger partial charge in [0.05, 0.1) is 5.69 Å². The Bertz CT molecular complexity index is 457. The minimum atomic E-state index is -0.498. The van der Waals surface area contributed by atoms with Crippen molar-refractivity contribution in [3.05, 3.63) is 27.5 Å². The standard InChI is InChI=1S/C11H11ClFNO/c1-5-6-3-2-4-7(15)8(6)11(14)9(12)10(5)13/h2-4,14H2,1H3. The molecule has 0 saturated heterocycles. The number of anilines is 1. The monoisotopic (exact) mass is 227 g/mol. The predicted molar refractivity (Wildman–Crippen MR) is 57.8 cm³/mol. The number of carbonyl (C=O) groups excluding carboxylic acids is 1. The Morgan fingerprint density at radius 1 is 1.40 bits per heavy atom. The number of hydrogen-bond acceptors (Lipinski definition) is 2. The molecule has 0 aromatic heterocycles. The van der Waals surface area contributed by atoms with E-state index in [0.717, 1.165) is 12.0 Å². The summed E-state index contributed by atoms with van der Waals surface area (Å²) in [5, 5.41) is -0.124. The number of carbonyl (C=O) groups is 1. The first-order valence-corrected chi connectivity index (χ1v) is 5.21. The average molecular weight is 228 g/mol. The van der Waals surface area contributed by atoms with Crippen molar-refractivity contribution in [3.8, 4) is 0 Å². The number of nitrogen functional groups attached to an aromatic ring is 1.